The third-order valence-corrected chi connectivity index (χ3v) is 6.62. The van der Waals surface area contributed by atoms with Crippen molar-refractivity contribution in [2.24, 2.45) is 5.41 Å². The number of methoxy groups -OCH3 is 1. The minimum absolute atomic E-state index is 0.0178. The van der Waals surface area contributed by atoms with E-state index < -0.39 is 48.2 Å². The van der Waals surface area contributed by atoms with Crippen molar-refractivity contribution in [1.82, 2.24) is 15.2 Å². The molecule has 2 unspecified atom stereocenters. The van der Waals surface area contributed by atoms with Crippen molar-refractivity contribution in [1.29, 1.82) is 0 Å². The zero-order chi connectivity index (χ0) is 27.3. The van der Waals surface area contributed by atoms with Gasteiger partial charge in [0.15, 0.2) is 5.78 Å². The highest BCUT2D eigenvalue weighted by molar-refractivity contribution is 6.20. The van der Waals surface area contributed by atoms with Crippen LogP contribution in [0, 0.1) is 17.0 Å². The Morgan fingerprint density at radius 2 is 2.11 bits per heavy atom. The first-order valence-corrected chi connectivity index (χ1v) is 11.6. The minimum atomic E-state index is -1.07. The van der Waals surface area contributed by atoms with Gasteiger partial charge in [-0.25, -0.2) is 13.8 Å². The van der Waals surface area contributed by atoms with Crippen LogP contribution in [0.2, 0.25) is 0 Å². The fraction of sp³-hybridized carbons (Fsp3) is 0.417. The quantitative estimate of drug-likeness (QED) is 0.192. The average Bonchev–Trinajstić information content (AvgIpc) is 2.87. The molecule has 2 atom stereocenters. The van der Waals surface area contributed by atoms with E-state index in [1.165, 1.54) is 24.3 Å². The van der Waals surface area contributed by atoms with Crippen LogP contribution in [0.4, 0.5) is 8.78 Å². The third kappa shape index (κ3) is 6.08. The van der Waals surface area contributed by atoms with Gasteiger partial charge in [-0.2, -0.15) is 0 Å². The minimum Gasteiger partial charge on any atom is -0.505 e. The van der Waals surface area contributed by atoms with E-state index >= 15 is 0 Å². The SMILES string of the molecule is C=C1C(C(=O)NCc2ccc(F)cc2F)=CN2CC(OC)C(C)(CCOCCN(O)BO)C(=O)C2=C1O. The maximum atomic E-state index is 13.9. The van der Waals surface area contributed by atoms with Crippen molar-refractivity contribution in [3.8, 4) is 0 Å². The number of aliphatic hydroxyl groups excluding tert-OH is 1. The fourth-order valence-electron chi connectivity index (χ4n) is 4.25. The van der Waals surface area contributed by atoms with Gasteiger partial charge in [-0.1, -0.05) is 12.6 Å². The van der Waals surface area contributed by atoms with Crippen LogP contribution in [-0.4, -0.2) is 84.0 Å². The fourth-order valence-corrected chi connectivity index (χ4v) is 4.25. The van der Waals surface area contributed by atoms with Crippen LogP contribution in [0.25, 0.3) is 0 Å². The van der Waals surface area contributed by atoms with Crippen molar-refractivity contribution in [2.45, 2.75) is 26.0 Å². The number of carbonyl (C=O) groups is 2. The second-order valence-electron chi connectivity index (χ2n) is 8.99. The number of hydrogen-bond donors (Lipinski definition) is 4. The van der Waals surface area contributed by atoms with Crippen molar-refractivity contribution in [2.75, 3.05) is 33.4 Å². The lowest BCUT2D eigenvalue weighted by molar-refractivity contribution is -0.142. The molecular weight excluding hydrogens is 491 g/mol. The number of benzene rings is 1. The molecule has 1 saturated heterocycles. The molecule has 13 heteroatoms. The second-order valence-corrected chi connectivity index (χ2v) is 8.99. The number of ketones is 1. The maximum absolute atomic E-state index is 13.9. The van der Waals surface area contributed by atoms with Gasteiger partial charge < -0.3 is 35.0 Å². The molecule has 0 spiro atoms. The molecule has 0 saturated carbocycles. The number of ether oxygens (including phenoxy) is 2. The van der Waals surface area contributed by atoms with Gasteiger partial charge in [0.2, 0.25) is 0 Å². The number of allylic oxidation sites excluding steroid dienone is 2. The lowest BCUT2D eigenvalue weighted by Gasteiger charge is -2.46. The molecule has 200 valence electrons. The Balaban J connectivity index is 1.73. The molecule has 2 aliphatic heterocycles. The zero-order valence-electron chi connectivity index (χ0n) is 20.7. The van der Waals surface area contributed by atoms with E-state index in [1.807, 2.05) is 0 Å². The van der Waals surface area contributed by atoms with Crippen molar-refractivity contribution in [3.63, 3.8) is 0 Å². The lowest BCUT2D eigenvalue weighted by Crippen LogP contribution is -2.55. The molecule has 1 aromatic rings. The first-order valence-electron chi connectivity index (χ1n) is 11.6. The molecule has 4 N–H and O–H groups in total. The van der Waals surface area contributed by atoms with E-state index in [2.05, 4.69) is 11.9 Å². The smallest absolute Gasteiger partial charge is 0.385 e. The highest BCUT2D eigenvalue weighted by Gasteiger charge is 2.51. The number of piperidine rings is 1. The molecule has 2 heterocycles. The van der Waals surface area contributed by atoms with Crippen LogP contribution >= 0.6 is 0 Å². The standard InChI is InChI=1S/C24H30BF2N3O7/c1-14-17(23(33)28-11-15-4-5-16(26)10-18(15)27)12-29-13-19(36-3)24(2,22(32)20(29)21(14)31)6-8-37-9-7-30(35)25-34/h4-5,10,12,19,25,31,34-35H,1,6-9,11,13H2,2-3H3,(H,28,33). The first-order chi connectivity index (χ1) is 17.5. The highest BCUT2D eigenvalue weighted by atomic mass is 19.1. The molecule has 0 radical (unpaired) electrons. The van der Waals surface area contributed by atoms with Crippen LogP contribution < -0.4 is 5.32 Å². The monoisotopic (exact) mass is 521 g/mol. The van der Waals surface area contributed by atoms with E-state index in [0.717, 1.165) is 6.07 Å². The summed E-state index contributed by atoms with van der Waals surface area (Å²) in [5.41, 5.74) is -1.11. The summed E-state index contributed by atoms with van der Waals surface area (Å²) in [4.78, 5) is 28.5. The van der Waals surface area contributed by atoms with Gasteiger partial charge in [-0.3, -0.25) is 9.59 Å². The molecule has 37 heavy (non-hydrogen) atoms. The number of fused-ring (bicyclic) bond motifs is 1. The van der Waals surface area contributed by atoms with E-state index in [9.17, 15) is 28.7 Å². The van der Waals surface area contributed by atoms with Gasteiger partial charge in [0.25, 0.3) is 5.91 Å². The Morgan fingerprint density at radius 3 is 2.76 bits per heavy atom. The molecule has 1 fully saturated rings. The predicted molar refractivity (Wildman–Crippen MR) is 129 cm³/mol. The number of nitrogens with zero attached hydrogens (tertiary/aromatic N) is 2. The number of halogens is 2. The Bertz CT molecular complexity index is 1130. The normalized spacial score (nSPS) is 21.8. The molecular formula is C24H30BF2N3O7. The van der Waals surface area contributed by atoms with Gasteiger partial charge in [0.1, 0.15) is 23.1 Å². The van der Waals surface area contributed by atoms with Crippen LogP contribution in [-0.2, 0) is 25.6 Å². The summed E-state index contributed by atoms with van der Waals surface area (Å²) in [5.74, 6) is -3.08. The largest absolute Gasteiger partial charge is 0.505 e. The molecule has 0 aromatic heterocycles. The Morgan fingerprint density at radius 1 is 1.38 bits per heavy atom. The summed E-state index contributed by atoms with van der Waals surface area (Å²) in [7, 11) is 0.920. The molecule has 0 bridgehead atoms. The van der Waals surface area contributed by atoms with Gasteiger partial charge in [-0.05, 0) is 19.4 Å². The van der Waals surface area contributed by atoms with Crippen LogP contribution in [0.15, 0.2) is 53.6 Å². The summed E-state index contributed by atoms with van der Waals surface area (Å²) in [6.07, 6.45) is 1.01. The zero-order valence-corrected chi connectivity index (χ0v) is 20.7. The average molecular weight is 521 g/mol. The molecule has 3 rings (SSSR count). The summed E-state index contributed by atoms with van der Waals surface area (Å²) in [6, 6.07) is 3.00. The number of rotatable bonds is 11. The number of nitrogens with one attached hydrogen (secondary N) is 1. The predicted octanol–water partition coefficient (Wildman–Crippen LogP) is 1.07. The number of Topliss-reactive ketones (excluding diaryl/α,β-unsaturated/α-hetero) is 1. The topological polar surface area (TPSA) is 132 Å². The maximum Gasteiger partial charge on any atom is 0.385 e. The Kier molecular flexibility index (Phi) is 9.21. The van der Waals surface area contributed by atoms with Gasteiger partial charge >= 0.3 is 7.62 Å². The molecule has 1 aromatic carbocycles. The molecule has 2 aliphatic rings. The number of aliphatic hydroxyl groups is 1. The van der Waals surface area contributed by atoms with E-state index in [1.54, 1.807) is 6.92 Å². The Labute approximate surface area is 213 Å². The van der Waals surface area contributed by atoms with Crippen molar-refractivity contribution >= 4 is 19.3 Å². The summed E-state index contributed by atoms with van der Waals surface area (Å²) in [5, 5.41) is 31.5. The molecule has 10 nitrogen and oxygen atoms in total. The summed E-state index contributed by atoms with van der Waals surface area (Å²) < 4.78 is 38.1. The van der Waals surface area contributed by atoms with Crippen LogP contribution in [0.3, 0.4) is 0 Å². The summed E-state index contributed by atoms with van der Waals surface area (Å²) in [6.45, 7) is 5.73. The van der Waals surface area contributed by atoms with E-state index in [0.29, 0.717) is 11.0 Å². The second kappa shape index (κ2) is 12.0. The van der Waals surface area contributed by atoms with Crippen molar-refractivity contribution in [3.05, 3.63) is 70.8 Å². The van der Waals surface area contributed by atoms with Gasteiger partial charge in [0, 0.05) is 50.2 Å². The molecule has 1 amide bonds. The highest BCUT2D eigenvalue weighted by Crippen LogP contribution is 2.42. The van der Waals surface area contributed by atoms with Gasteiger partial charge in [-0.15, -0.1) is 0 Å². The van der Waals surface area contributed by atoms with Crippen molar-refractivity contribution < 1.29 is 43.2 Å². The molecule has 0 aliphatic carbocycles. The first kappa shape index (κ1) is 28.5. The lowest BCUT2D eigenvalue weighted by atomic mass is 9.72. The van der Waals surface area contributed by atoms with Gasteiger partial charge in [0.05, 0.1) is 30.2 Å². The van der Waals surface area contributed by atoms with Crippen LogP contribution in [0.5, 0.6) is 0 Å². The van der Waals surface area contributed by atoms with Crippen LogP contribution in [0.1, 0.15) is 18.9 Å². The Hall–Kier alpha value is -3.10. The number of carbonyl (C=O) groups excluding carboxylic acids is 2. The number of hydrogen-bond acceptors (Lipinski definition) is 9. The summed E-state index contributed by atoms with van der Waals surface area (Å²) >= 11 is 0. The number of hydroxylamine groups is 1. The number of amides is 1. The third-order valence-electron chi connectivity index (χ3n) is 6.62. The van der Waals surface area contributed by atoms with E-state index in [4.69, 9.17) is 14.5 Å². The van der Waals surface area contributed by atoms with E-state index in [-0.39, 0.29) is 61.7 Å².